The van der Waals surface area contributed by atoms with Crippen molar-refractivity contribution in [2.45, 2.75) is 25.4 Å². The molecule has 2 aromatic carbocycles. The molecule has 2 aromatic heterocycles. The van der Waals surface area contributed by atoms with Crippen LogP contribution in [0.25, 0.3) is 21.3 Å². The minimum absolute atomic E-state index is 0.0282. The van der Waals surface area contributed by atoms with Gasteiger partial charge < -0.3 is 4.98 Å². The number of H-pyrrole nitrogens is 1. The summed E-state index contributed by atoms with van der Waals surface area (Å²) >= 11 is 1.82. The highest BCUT2D eigenvalue weighted by Gasteiger charge is 2.24. The molecule has 0 saturated carbocycles. The Bertz CT molecular complexity index is 1080. The van der Waals surface area contributed by atoms with Crippen molar-refractivity contribution in [2.75, 3.05) is 13.1 Å². The minimum atomic E-state index is -0.0282. The number of imidazole rings is 1. The molecule has 0 atom stereocenters. The second kappa shape index (κ2) is 6.37. The number of hydrogen-bond acceptors (Lipinski definition) is 4. The van der Waals surface area contributed by atoms with Crippen molar-refractivity contribution in [1.82, 2.24) is 19.4 Å². The van der Waals surface area contributed by atoms with Gasteiger partial charge in [-0.1, -0.05) is 24.3 Å². The number of aromatic amines is 1. The lowest BCUT2D eigenvalue weighted by atomic mass is 9.98. The molecule has 6 heteroatoms. The average molecular weight is 364 g/mol. The first-order valence-electron chi connectivity index (χ1n) is 9.03. The maximum Gasteiger partial charge on any atom is 0.327 e. The molecule has 0 spiro atoms. The molecule has 1 fully saturated rings. The van der Waals surface area contributed by atoms with Crippen molar-refractivity contribution in [1.29, 1.82) is 0 Å². The first-order chi connectivity index (χ1) is 12.8. The lowest BCUT2D eigenvalue weighted by Gasteiger charge is -2.31. The third-order valence-electron chi connectivity index (χ3n) is 5.27. The molecule has 0 aliphatic carbocycles. The van der Waals surface area contributed by atoms with Crippen molar-refractivity contribution < 1.29 is 0 Å². The zero-order valence-corrected chi connectivity index (χ0v) is 15.2. The number of para-hydroxylation sites is 3. The summed E-state index contributed by atoms with van der Waals surface area (Å²) in [6.45, 7) is 2.63. The number of piperidine rings is 1. The quantitative estimate of drug-likeness (QED) is 0.602. The van der Waals surface area contributed by atoms with Crippen molar-refractivity contribution >= 4 is 32.6 Å². The van der Waals surface area contributed by atoms with Gasteiger partial charge >= 0.3 is 5.69 Å². The average Bonchev–Trinajstić information content (AvgIpc) is 3.24. The number of likely N-dealkylation sites (tertiary alicyclic amines) is 1. The van der Waals surface area contributed by atoms with E-state index in [0.29, 0.717) is 12.6 Å². The van der Waals surface area contributed by atoms with Crippen LogP contribution in [0.5, 0.6) is 0 Å². The fourth-order valence-corrected chi connectivity index (χ4v) is 4.97. The van der Waals surface area contributed by atoms with Gasteiger partial charge in [-0.05, 0) is 37.1 Å². The molecule has 1 aliphatic heterocycles. The van der Waals surface area contributed by atoms with E-state index in [1.165, 1.54) is 9.71 Å². The van der Waals surface area contributed by atoms with Crippen LogP contribution in [0.3, 0.4) is 0 Å². The molecule has 0 bridgehead atoms. The summed E-state index contributed by atoms with van der Waals surface area (Å²) in [4.78, 5) is 22.4. The number of fused-ring (bicyclic) bond motifs is 2. The maximum absolute atomic E-state index is 12.3. The summed E-state index contributed by atoms with van der Waals surface area (Å²) in [7, 11) is 0. The molecular formula is C20H20N4OS. The van der Waals surface area contributed by atoms with Gasteiger partial charge in [0.25, 0.3) is 0 Å². The molecule has 1 aliphatic rings. The SMILES string of the molecule is O=c1[nH]c2ccccc2n1CN1CCC(c2nc3ccccc3s2)CC1. The van der Waals surface area contributed by atoms with Crippen LogP contribution in [0.4, 0.5) is 0 Å². The normalized spacial score (nSPS) is 16.6. The summed E-state index contributed by atoms with van der Waals surface area (Å²) in [5.74, 6) is 0.531. The van der Waals surface area contributed by atoms with Gasteiger partial charge in [-0.2, -0.15) is 0 Å². The molecule has 4 aromatic rings. The van der Waals surface area contributed by atoms with Crippen LogP contribution in [-0.4, -0.2) is 32.5 Å². The highest BCUT2D eigenvalue weighted by molar-refractivity contribution is 7.18. The number of thiazole rings is 1. The fraction of sp³-hybridized carbons (Fsp3) is 0.300. The van der Waals surface area contributed by atoms with Crippen LogP contribution >= 0.6 is 11.3 Å². The van der Waals surface area contributed by atoms with Crippen LogP contribution in [0, 0.1) is 0 Å². The lowest BCUT2D eigenvalue weighted by molar-refractivity contribution is 0.170. The number of aromatic nitrogens is 3. The highest BCUT2D eigenvalue weighted by atomic mass is 32.1. The van der Waals surface area contributed by atoms with Crippen LogP contribution in [0.2, 0.25) is 0 Å². The monoisotopic (exact) mass is 364 g/mol. The Morgan fingerprint density at radius 1 is 1.08 bits per heavy atom. The van der Waals surface area contributed by atoms with Crippen LogP contribution in [-0.2, 0) is 6.67 Å². The van der Waals surface area contributed by atoms with Gasteiger partial charge in [-0.25, -0.2) is 9.78 Å². The van der Waals surface area contributed by atoms with Crippen molar-refractivity contribution in [3.63, 3.8) is 0 Å². The fourth-order valence-electron chi connectivity index (χ4n) is 3.83. The Hall–Kier alpha value is -2.44. The number of nitrogens with zero attached hydrogens (tertiary/aromatic N) is 3. The number of benzene rings is 2. The van der Waals surface area contributed by atoms with Crippen molar-refractivity contribution in [2.24, 2.45) is 0 Å². The van der Waals surface area contributed by atoms with Crippen LogP contribution < -0.4 is 5.69 Å². The molecular weight excluding hydrogens is 344 g/mol. The van der Waals surface area contributed by atoms with E-state index in [9.17, 15) is 4.79 Å². The van der Waals surface area contributed by atoms with Gasteiger partial charge in [0, 0.05) is 19.0 Å². The maximum atomic E-state index is 12.3. The molecule has 1 saturated heterocycles. The summed E-state index contributed by atoms with van der Waals surface area (Å²) < 4.78 is 3.11. The van der Waals surface area contributed by atoms with E-state index in [4.69, 9.17) is 4.98 Å². The number of nitrogens with one attached hydrogen (secondary N) is 1. The molecule has 0 unspecified atom stereocenters. The largest absolute Gasteiger partial charge is 0.327 e. The summed E-state index contributed by atoms with van der Waals surface area (Å²) in [5.41, 5.74) is 2.97. The van der Waals surface area contributed by atoms with Crippen LogP contribution in [0.1, 0.15) is 23.8 Å². The Labute approximate surface area is 154 Å². The van der Waals surface area contributed by atoms with Gasteiger partial charge in [0.2, 0.25) is 0 Å². The van der Waals surface area contributed by atoms with Gasteiger partial charge in [-0.15, -0.1) is 11.3 Å². The Balaban J connectivity index is 1.31. The second-order valence-electron chi connectivity index (χ2n) is 6.93. The van der Waals surface area contributed by atoms with E-state index in [1.54, 1.807) is 0 Å². The highest BCUT2D eigenvalue weighted by Crippen LogP contribution is 2.33. The lowest BCUT2D eigenvalue weighted by Crippen LogP contribution is -2.37. The standard InChI is InChI=1S/C20H20N4OS/c25-20-22-15-5-1-3-7-17(15)24(20)13-23-11-9-14(10-12-23)19-21-16-6-2-4-8-18(16)26-19/h1-8,14H,9-13H2,(H,22,25). The van der Waals surface area contributed by atoms with Gasteiger partial charge in [0.05, 0.1) is 32.9 Å². The topological polar surface area (TPSA) is 53.9 Å². The Morgan fingerprint density at radius 3 is 2.69 bits per heavy atom. The predicted molar refractivity (Wildman–Crippen MR) is 106 cm³/mol. The van der Waals surface area contributed by atoms with Crippen molar-refractivity contribution in [3.05, 3.63) is 64.0 Å². The summed E-state index contributed by atoms with van der Waals surface area (Å²) in [6.07, 6.45) is 2.19. The van der Waals surface area contributed by atoms with E-state index in [2.05, 4.69) is 28.1 Å². The van der Waals surface area contributed by atoms with E-state index in [-0.39, 0.29) is 5.69 Å². The zero-order chi connectivity index (χ0) is 17.5. The molecule has 5 rings (SSSR count). The van der Waals surface area contributed by atoms with Gasteiger partial charge in [0.15, 0.2) is 0 Å². The van der Waals surface area contributed by atoms with E-state index >= 15 is 0 Å². The molecule has 3 heterocycles. The first-order valence-corrected chi connectivity index (χ1v) is 9.85. The second-order valence-corrected chi connectivity index (χ2v) is 7.99. The molecule has 0 amide bonds. The smallest absolute Gasteiger partial charge is 0.306 e. The third-order valence-corrected chi connectivity index (χ3v) is 6.47. The minimum Gasteiger partial charge on any atom is -0.306 e. The van der Waals surface area contributed by atoms with Gasteiger partial charge in [-0.3, -0.25) is 9.47 Å². The molecule has 5 nitrogen and oxygen atoms in total. The molecule has 0 radical (unpaired) electrons. The first kappa shape index (κ1) is 15.8. The van der Waals surface area contributed by atoms with E-state index in [1.807, 2.05) is 46.2 Å². The molecule has 132 valence electrons. The zero-order valence-electron chi connectivity index (χ0n) is 14.4. The summed E-state index contributed by atoms with van der Waals surface area (Å²) in [5, 5.41) is 1.26. The molecule has 26 heavy (non-hydrogen) atoms. The van der Waals surface area contributed by atoms with Crippen LogP contribution in [0.15, 0.2) is 53.3 Å². The van der Waals surface area contributed by atoms with Crippen molar-refractivity contribution in [3.8, 4) is 0 Å². The Kier molecular flexibility index (Phi) is 3.87. The number of rotatable bonds is 3. The van der Waals surface area contributed by atoms with E-state index < -0.39 is 0 Å². The number of hydrogen-bond donors (Lipinski definition) is 1. The molecule has 1 N–H and O–H groups in total. The van der Waals surface area contributed by atoms with E-state index in [0.717, 1.165) is 42.5 Å². The predicted octanol–water partition coefficient (Wildman–Crippen LogP) is 3.78. The Morgan fingerprint density at radius 2 is 1.85 bits per heavy atom. The third kappa shape index (κ3) is 2.75. The van der Waals surface area contributed by atoms with Gasteiger partial charge in [0.1, 0.15) is 0 Å². The summed E-state index contributed by atoms with van der Waals surface area (Å²) in [6, 6.07) is 16.2.